The van der Waals surface area contributed by atoms with E-state index >= 15 is 4.39 Å². The van der Waals surface area contributed by atoms with Gasteiger partial charge in [0.25, 0.3) is 0 Å². The molecule has 0 spiro atoms. The third kappa shape index (κ3) is 5.27. The highest BCUT2D eigenvalue weighted by molar-refractivity contribution is 6.30. The lowest BCUT2D eigenvalue weighted by Gasteiger charge is -2.24. The zero-order valence-corrected chi connectivity index (χ0v) is 20.0. The highest BCUT2D eigenvalue weighted by Crippen LogP contribution is 2.33. The fraction of sp³-hybridized carbons (Fsp3) is 0.261. The van der Waals surface area contributed by atoms with Crippen molar-refractivity contribution in [2.75, 3.05) is 18.4 Å². The Balaban J connectivity index is 1.58. The minimum Gasteiger partial charge on any atom is -0.351 e. The fourth-order valence-electron chi connectivity index (χ4n) is 4.29. The first-order valence-corrected chi connectivity index (χ1v) is 11.4. The van der Waals surface area contributed by atoms with Crippen LogP contribution in [0.4, 0.5) is 24.1 Å². The molecule has 0 aliphatic carbocycles. The topological polar surface area (TPSA) is 158 Å². The van der Waals surface area contributed by atoms with Crippen molar-refractivity contribution in [2.24, 2.45) is 10.8 Å². The number of amides is 4. The quantitative estimate of drug-likeness (QED) is 0.247. The molecule has 4 N–H and O–H groups in total. The van der Waals surface area contributed by atoms with Crippen LogP contribution in [0.5, 0.6) is 0 Å². The number of likely N-dealkylation sites (tertiary alicyclic amines) is 1. The van der Waals surface area contributed by atoms with Gasteiger partial charge in [0.05, 0.1) is 29.3 Å². The lowest BCUT2D eigenvalue weighted by atomic mass is 10.0. The predicted molar refractivity (Wildman–Crippen MR) is 132 cm³/mol. The van der Waals surface area contributed by atoms with E-state index in [0.29, 0.717) is 10.9 Å². The van der Waals surface area contributed by atoms with Crippen molar-refractivity contribution in [1.82, 2.24) is 14.8 Å². The third-order valence-corrected chi connectivity index (χ3v) is 6.34. The van der Waals surface area contributed by atoms with Gasteiger partial charge in [-0.1, -0.05) is 47.0 Å². The van der Waals surface area contributed by atoms with Gasteiger partial charge in [0.2, 0.25) is 5.91 Å². The first-order chi connectivity index (χ1) is 17.6. The number of urea groups is 1. The lowest BCUT2D eigenvalue weighted by molar-refractivity contribution is -0.124. The number of carbonyl (C=O) groups is 3. The highest BCUT2D eigenvalue weighted by Gasteiger charge is 2.49. The zero-order valence-electron chi connectivity index (χ0n) is 19.2. The maximum absolute atomic E-state index is 15.5. The number of anilines is 1. The first kappa shape index (κ1) is 25.7. The van der Waals surface area contributed by atoms with Crippen molar-refractivity contribution in [3.63, 3.8) is 0 Å². The number of carbonyl (C=O) groups excluding carboxylic acids is 3. The average Bonchev–Trinajstić information content (AvgIpc) is 3.42. The van der Waals surface area contributed by atoms with Crippen LogP contribution < -0.4 is 16.4 Å². The number of nitrogens with zero attached hydrogens (tertiary/aromatic N) is 5. The van der Waals surface area contributed by atoms with Gasteiger partial charge < -0.3 is 21.3 Å². The number of hydrogen-bond acceptors (Lipinski definition) is 4. The molecule has 1 fully saturated rings. The molecule has 3 aromatic rings. The average molecular weight is 531 g/mol. The standard InChI is InChI=1S/C23H21ClF2N8O3/c24-15-6-3-4-13(19(15)25)9-29-20(35)18-8-23(26,11-30-32-28)12-34(18)22(37)31-16-10-33(21(27)36)17-7-2-1-5-14(16)17/h1-7,10,18H,8-9,11-12H2,(H2,27,36)(H,29,35)(H,31,37)/t18-,23-/m0/s1. The first-order valence-electron chi connectivity index (χ1n) is 11.0. The van der Waals surface area contributed by atoms with Crippen LogP contribution in [0.1, 0.15) is 12.0 Å². The number of nitrogens with two attached hydrogens (primary N) is 1. The number of halogens is 3. The lowest BCUT2D eigenvalue weighted by Crippen LogP contribution is -2.47. The summed E-state index contributed by atoms with van der Waals surface area (Å²) < 4.78 is 30.9. The minimum atomic E-state index is -2.17. The molecule has 2 aromatic carbocycles. The molecule has 0 unspecified atom stereocenters. The smallest absolute Gasteiger partial charge is 0.323 e. The van der Waals surface area contributed by atoms with E-state index in [1.165, 1.54) is 24.4 Å². The number of nitrogens with one attached hydrogen (secondary N) is 2. The SMILES string of the molecule is [N-]=[N+]=NC[C@@]1(F)C[C@@H](C(=O)NCc2cccc(Cl)c2F)N(C(=O)Nc2cn(C(N)=O)c3ccccc23)C1. The fourth-order valence-corrected chi connectivity index (χ4v) is 4.49. The summed E-state index contributed by atoms with van der Waals surface area (Å²) >= 11 is 5.78. The Hall–Kier alpha value is -4.35. The van der Waals surface area contributed by atoms with Crippen molar-refractivity contribution in [1.29, 1.82) is 0 Å². The van der Waals surface area contributed by atoms with E-state index in [-0.39, 0.29) is 22.8 Å². The van der Waals surface area contributed by atoms with Crippen molar-refractivity contribution >= 4 is 46.2 Å². The van der Waals surface area contributed by atoms with Crippen LogP contribution in [0, 0.1) is 5.82 Å². The Labute approximate surface area is 213 Å². The summed E-state index contributed by atoms with van der Waals surface area (Å²) in [7, 11) is 0. The highest BCUT2D eigenvalue weighted by atomic mass is 35.5. The summed E-state index contributed by atoms with van der Waals surface area (Å²) in [6.07, 6.45) is 0.868. The molecular formula is C23H21ClF2N8O3. The molecule has 2 atom stereocenters. The molecule has 192 valence electrons. The van der Waals surface area contributed by atoms with Gasteiger partial charge in [-0.15, -0.1) is 0 Å². The minimum absolute atomic E-state index is 0.106. The number of aromatic nitrogens is 1. The second kappa shape index (κ2) is 10.3. The van der Waals surface area contributed by atoms with E-state index < -0.39 is 55.0 Å². The molecule has 1 aliphatic heterocycles. The number of azide groups is 1. The van der Waals surface area contributed by atoms with Crippen LogP contribution in [-0.4, -0.2) is 52.2 Å². The van der Waals surface area contributed by atoms with Crippen molar-refractivity contribution in [3.05, 3.63) is 75.5 Å². The van der Waals surface area contributed by atoms with Crippen LogP contribution in [0.2, 0.25) is 5.02 Å². The van der Waals surface area contributed by atoms with E-state index in [9.17, 15) is 18.8 Å². The summed E-state index contributed by atoms with van der Waals surface area (Å²) in [5.74, 6) is -1.45. The number of fused-ring (bicyclic) bond motifs is 1. The summed E-state index contributed by atoms with van der Waals surface area (Å²) in [6, 6.07) is 8.04. The zero-order chi connectivity index (χ0) is 26.7. The number of benzene rings is 2. The molecule has 0 radical (unpaired) electrons. The molecule has 4 rings (SSSR count). The molecule has 2 heterocycles. The Bertz CT molecular complexity index is 1440. The number of rotatable bonds is 6. The molecule has 1 aromatic heterocycles. The molecule has 0 bridgehead atoms. The molecule has 0 saturated carbocycles. The van der Waals surface area contributed by atoms with Crippen LogP contribution in [-0.2, 0) is 11.3 Å². The largest absolute Gasteiger partial charge is 0.351 e. The van der Waals surface area contributed by atoms with E-state index in [4.69, 9.17) is 22.9 Å². The van der Waals surface area contributed by atoms with Gasteiger partial charge in [-0.3, -0.25) is 9.36 Å². The number of para-hydroxylation sites is 1. The third-order valence-electron chi connectivity index (χ3n) is 6.05. The van der Waals surface area contributed by atoms with Crippen molar-refractivity contribution < 1.29 is 23.2 Å². The van der Waals surface area contributed by atoms with Gasteiger partial charge in [-0.2, -0.15) is 0 Å². The van der Waals surface area contributed by atoms with Crippen LogP contribution >= 0.6 is 11.6 Å². The molecule has 14 heteroatoms. The van der Waals surface area contributed by atoms with Crippen molar-refractivity contribution in [3.8, 4) is 0 Å². The van der Waals surface area contributed by atoms with Crippen LogP contribution in [0.15, 0.2) is 53.8 Å². The van der Waals surface area contributed by atoms with Crippen molar-refractivity contribution in [2.45, 2.75) is 24.7 Å². The molecule has 11 nitrogen and oxygen atoms in total. The van der Waals surface area contributed by atoms with E-state index in [1.807, 2.05) is 0 Å². The maximum Gasteiger partial charge on any atom is 0.323 e. The Morgan fingerprint density at radius 3 is 2.73 bits per heavy atom. The summed E-state index contributed by atoms with van der Waals surface area (Å²) in [6.45, 7) is -1.39. The molecule has 1 saturated heterocycles. The van der Waals surface area contributed by atoms with Gasteiger partial charge in [0.15, 0.2) is 0 Å². The summed E-state index contributed by atoms with van der Waals surface area (Å²) in [5, 5.41) is 8.75. The number of alkyl halides is 1. The predicted octanol–water partition coefficient (Wildman–Crippen LogP) is 4.30. The number of hydrogen-bond donors (Lipinski definition) is 3. The van der Waals surface area contributed by atoms with Crippen LogP contribution in [0.25, 0.3) is 21.3 Å². The second-order valence-corrected chi connectivity index (χ2v) is 8.92. The second-order valence-electron chi connectivity index (χ2n) is 8.52. The van der Waals surface area contributed by atoms with Gasteiger partial charge in [-0.25, -0.2) is 18.4 Å². The maximum atomic E-state index is 15.5. The monoisotopic (exact) mass is 530 g/mol. The molecule has 37 heavy (non-hydrogen) atoms. The van der Waals surface area contributed by atoms with E-state index in [2.05, 4.69) is 20.7 Å². The van der Waals surface area contributed by atoms with Crippen LogP contribution in [0.3, 0.4) is 0 Å². The van der Waals surface area contributed by atoms with Gasteiger partial charge in [0.1, 0.15) is 17.5 Å². The Morgan fingerprint density at radius 2 is 2.00 bits per heavy atom. The summed E-state index contributed by atoms with van der Waals surface area (Å²) in [4.78, 5) is 41.6. The van der Waals surface area contributed by atoms with Gasteiger partial charge in [-0.05, 0) is 17.7 Å². The van der Waals surface area contributed by atoms with Gasteiger partial charge in [0, 0.05) is 35.0 Å². The summed E-state index contributed by atoms with van der Waals surface area (Å²) in [5.41, 5.74) is 12.6. The Kier molecular flexibility index (Phi) is 7.18. The van der Waals surface area contributed by atoms with E-state index in [0.717, 1.165) is 9.47 Å². The normalized spacial score (nSPS) is 18.9. The molecule has 4 amide bonds. The number of primary amides is 1. The molecule has 1 aliphatic rings. The van der Waals surface area contributed by atoms with Gasteiger partial charge >= 0.3 is 12.1 Å². The molecular weight excluding hydrogens is 510 g/mol. The van der Waals surface area contributed by atoms with E-state index in [1.54, 1.807) is 24.3 Å². The Morgan fingerprint density at radius 1 is 1.24 bits per heavy atom.